The summed E-state index contributed by atoms with van der Waals surface area (Å²) in [5, 5.41) is 2.71. The number of carbonyl (C=O) groups excluding carboxylic acids is 1. The predicted octanol–water partition coefficient (Wildman–Crippen LogP) is 0.396. The van der Waals surface area contributed by atoms with Gasteiger partial charge in [0.1, 0.15) is 5.69 Å². The molecule has 0 spiro atoms. The predicted molar refractivity (Wildman–Crippen MR) is 70.0 cm³/mol. The number of nitrogens with two attached hydrogens (primary N) is 1. The quantitative estimate of drug-likeness (QED) is 0.541. The Hall–Kier alpha value is -2.54. The number of rotatable bonds is 4. The van der Waals surface area contributed by atoms with Crippen LogP contribution in [0.3, 0.4) is 0 Å². The highest BCUT2D eigenvalue weighted by Crippen LogP contribution is 2.06. The Morgan fingerprint density at radius 1 is 1.32 bits per heavy atom. The first-order chi connectivity index (χ1) is 9.19. The van der Waals surface area contributed by atoms with Gasteiger partial charge in [-0.2, -0.15) is 0 Å². The van der Waals surface area contributed by atoms with Crippen molar-refractivity contribution in [1.82, 2.24) is 20.3 Å². The molecule has 0 aliphatic rings. The number of carbonyl (C=O) groups is 1. The third-order valence-electron chi connectivity index (χ3n) is 2.42. The zero-order chi connectivity index (χ0) is 13.7. The molecule has 0 radical (unpaired) electrons. The highest BCUT2D eigenvalue weighted by molar-refractivity contribution is 5.92. The zero-order valence-corrected chi connectivity index (χ0v) is 10.4. The van der Waals surface area contributed by atoms with Gasteiger partial charge in [0.15, 0.2) is 0 Å². The first-order valence-corrected chi connectivity index (χ1v) is 5.67. The molecule has 0 unspecified atom stereocenters. The second-order valence-corrected chi connectivity index (χ2v) is 3.91. The van der Waals surface area contributed by atoms with Crippen molar-refractivity contribution in [3.8, 4) is 0 Å². The van der Waals surface area contributed by atoms with Gasteiger partial charge >= 0.3 is 0 Å². The standard InChI is InChI=1S/C12H14N6O/c1-8-5-16-10(6-15-8)7-17-12(19)11-4-9(18-13)2-3-14-11/h2-6H,7,13H2,1H3,(H,14,18)(H,17,19). The Morgan fingerprint density at radius 2 is 2.16 bits per heavy atom. The van der Waals surface area contributed by atoms with Crippen LogP contribution < -0.4 is 16.6 Å². The number of anilines is 1. The minimum atomic E-state index is -0.292. The summed E-state index contributed by atoms with van der Waals surface area (Å²) in [6, 6.07) is 3.23. The molecule has 0 saturated carbocycles. The van der Waals surface area contributed by atoms with Crippen LogP contribution in [0.15, 0.2) is 30.7 Å². The number of aromatic nitrogens is 3. The molecule has 2 aromatic rings. The molecule has 98 valence electrons. The lowest BCUT2D eigenvalue weighted by Gasteiger charge is -2.05. The van der Waals surface area contributed by atoms with Crippen LogP contribution in [0.25, 0.3) is 0 Å². The first-order valence-electron chi connectivity index (χ1n) is 5.67. The van der Waals surface area contributed by atoms with Crippen LogP contribution in [0.5, 0.6) is 0 Å². The third-order valence-corrected chi connectivity index (χ3v) is 2.42. The van der Waals surface area contributed by atoms with Gasteiger partial charge in [-0.25, -0.2) is 0 Å². The molecular weight excluding hydrogens is 244 g/mol. The van der Waals surface area contributed by atoms with Crippen LogP contribution in [0.2, 0.25) is 0 Å². The lowest BCUT2D eigenvalue weighted by Crippen LogP contribution is -2.24. The van der Waals surface area contributed by atoms with Crippen molar-refractivity contribution in [2.24, 2.45) is 5.84 Å². The number of amides is 1. The Kier molecular flexibility index (Phi) is 3.99. The summed E-state index contributed by atoms with van der Waals surface area (Å²) in [6.07, 6.45) is 4.79. The van der Waals surface area contributed by atoms with E-state index in [-0.39, 0.29) is 11.6 Å². The highest BCUT2D eigenvalue weighted by atomic mass is 16.1. The largest absolute Gasteiger partial charge is 0.345 e. The maximum absolute atomic E-state index is 11.9. The molecule has 2 aromatic heterocycles. The van der Waals surface area contributed by atoms with E-state index in [1.165, 1.54) is 6.20 Å². The van der Waals surface area contributed by atoms with E-state index in [0.29, 0.717) is 17.9 Å². The molecule has 19 heavy (non-hydrogen) atoms. The van der Waals surface area contributed by atoms with Crippen molar-refractivity contribution < 1.29 is 4.79 Å². The van der Waals surface area contributed by atoms with Crippen molar-refractivity contribution in [2.45, 2.75) is 13.5 Å². The SMILES string of the molecule is Cc1cnc(CNC(=O)c2cc(NN)ccn2)cn1. The van der Waals surface area contributed by atoms with E-state index < -0.39 is 0 Å². The maximum atomic E-state index is 11.9. The van der Waals surface area contributed by atoms with Crippen molar-refractivity contribution >= 4 is 11.6 Å². The lowest BCUT2D eigenvalue weighted by molar-refractivity contribution is 0.0945. The highest BCUT2D eigenvalue weighted by Gasteiger charge is 2.07. The summed E-state index contributed by atoms with van der Waals surface area (Å²) in [5.41, 5.74) is 4.89. The van der Waals surface area contributed by atoms with E-state index in [1.807, 2.05) is 6.92 Å². The summed E-state index contributed by atoms with van der Waals surface area (Å²) >= 11 is 0. The lowest BCUT2D eigenvalue weighted by atomic mass is 10.3. The molecule has 0 aliphatic heterocycles. The number of hydrogen-bond donors (Lipinski definition) is 3. The molecule has 0 fully saturated rings. The van der Waals surface area contributed by atoms with E-state index in [0.717, 1.165) is 5.69 Å². The van der Waals surface area contributed by atoms with E-state index in [1.54, 1.807) is 24.5 Å². The van der Waals surface area contributed by atoms with Gasteiger partial charge in [-0.3, -0.25) is 25.6 Å². The summed E-state index contributed by atoms with van der Waals surface area (Å²) in [6.45, 7) is 2.15. The summed E-state index contributed by atoms with van der Waals surface area (Å²) < 4.78 is 0. The number of hydrazine groups is 1. The Balaban J connectivity index is 1.99. The van der Waals surface area contributed by atoms with Gasteiger partial charge in [-0.05, 0) is 19.1 Å². The zero-order valence-electron chi connectivity index (χ0n) is 10.4. The Morgan fingerprint density at radius 3 is 2.84 bits per heavy atom. The van der Waals surface area contributed by atoms with Gasteiger partial charge in [0.25, 0.3) is 5.91 Å². The average Bonchev–Trinajstić information content (AvgIpc) is 2.46. The second kappa shape index (κ2) is 5.87. The van der Waals surface area contributed by atoms with Gasteiger partial charge in [0.2, 0.25) is 0 Å². The van der Waals surface area contributed by atoms with Crippen LogP contribution in [-0.2, 0) is 6.54 Å². The third kappa shape index (κ3) is 3.46. The number of pyridine rings is 1. The van der Waals surface area contributed by atoms with Crippen LogP contribution in [0.1, 0.15) is 21.9 Å². The number of nitrogens with one attached hydrogen (secondary N) is 2. The minimum Gasteiger partial charge on any atom is -0.345 e. The van der Waals surface area contributed by atoms with Crippen LogP contribution in [-0.4, -0.2) is 20.9 Å². The molecular formula is C12H14N6O. The van der Waals surface area contributed by atoms with Crippen molar-refractivity contribution in [3.05, 3.63) is 47.8 Å². The molecule has 2 heterocycles. The molecule has 7 nitrogen and oxygen atoms in total. The summed E-state index contributed by atoms with van der Waals surface area (Å²) in [7, 11) is 0. The molecule has 0 bridgehead atoms. The monoisotopic (exact) mass is 258 g/mol. The fraction of sp³-hybridized carbons (Fsp3) is 0.167. The Bertz CT molecular complexity index is 569. The van der Waals surface area contributed by atoms with Gasteiger partial charge < -0.3 is 10.7 Å². The van der Waals surface area contributed by atoms with Gasteiger partial charge in [-0.1, -0.05) is 0 Å². The van der Waals surface area contributed by atoms with E-state index in [4.69, 9.17) is 5.84 Å². The van der Waals surface area contributed by atoms with E-state index in [2.05, 4.69) is 25.7 Å². The van der Waals surface area contributed by atoms with Crippen LogP contribution >= 0.6 is 0 Å². The molecule has 7 heteroatoms. The molecule has 2 rings (SSSR count). The number of nitrogens with zero attached hydrogens (tertiary/aromatic N) is 3. The fourth-order valence-corrected chi connectivity index (χ4v) is 1.42. The number of nitrogen functional groups attached to an aromatic ring is 1. The fourth-order valence-electron chi connectivity index (χ4n) is 1.42. The molecule has 1 amide bonds. The van der Waals surface area contributed by atoms with Crippen molar-refractivity contribution in [3.63, 3.8) is 0 Å². The van der Waals surface area contributed by atoms with Crippen LogP contribution in [0, 0.1) is 6.92 Å². The number of aryl methyl sites for hydroxylation is 1. The van der Waals surface area contributed by atoms with E-state index in [9.17, 15) is 4.79 Å². The molecule has 0 saturated heterocycles. The summed E-state index contributed by atoms with van der Waals surface area (Å²) in [5.74, 6) is 4.98. The first kappa shape index (κ1) is 12.9. The average molecular weight is 258 g/mol. The van der Waals surface area contributed by atoms with Crippen LogP contribution in [0.4, 0.5) is 5.69 Å². The topological polar surface area (TPSA) is 106 Å². The normalized spacial score (nSPS) is 10.0. The molecule has 4 N–H and O–H groups in total. The molecule has 0 atom stereocenters. The minimum absolute atomic E-state index is 0.288. The Labute approximate surface area is 110 Å². The van der Waals surface area contributed by atoms with Crippen molar-refractivity contribution in [2.75, 3.05) is 5.43 Å². The summed E-state index contributed by atoms with van der Waals surface area (Å²) in [4.78, 5) is 24.1. The molecule has 0 aliphatic carbocycles. The second-order valence-electron chi connectivity index (χ2n) is 3.91. The van der Waals surface area contributed by atoms with Crippen molar-refractivity contribution in [1.29, 1.82) is 0 Å². The number of hydrogen-bond acceptors (Lipinski definition) is 6. The van der Waals surface area contributed by atoms with Gasteiger partial charge in [-0.15, -0.1) is 0 Å². The maximum Gasteiger partial charge on any atom is 0.270 e. The molecule has 0 aromatic carbocycles. The van der Waals surface area contributed by atoms with Gasteiger partial charge in [0, 0.05) is 12.4 Å². The van der Waals surface area contributed by atoms with E-state index >= 15 is 0 Å². The smallest absolute Gasteiger partial charge is 0.270 e. The van der Waals surface area contributed by atoms with Gasteiger partial charge in [0.05, 0.1) is 29.8 Å².